The van der Waals surface area contributed by atoms with Gasteiger partial charge in [-0.25, -0.2) is 4.39 Å². The number of nitrogens with zero attached hydrogens (tertiary/aromatic N) is 1. The molecule has 0 heterocycles. The van der Waals surface area contributed by atoms with Crippen LogP contribution in [0.4, 0.5) is 10.1 Å². The Labute approximate surface area is 117 Å². The highest BCUT2D eigenvalue weighted by Gasteiger charge is 2.16. The second kappa shape index (κ2) is 7.00. The quantitative estimate of drug-likeness (QED) is 0.474. The first-order valence-electron chi connectivity index (χ1n) is 6.28. The topological polar surface area (TPSA) is 64.4 Å². The molecule has 0 spiro atoms. The molecular formula is C14H19FN2O3. The number of aryl methyl sites for hydroxylation is 1. The van der Waals surface area contributed by atoms with Crippen molar-refractivity contribution in [3.05, 3.63) is 45.8 Å². The van der Waals surface area contributed by atoms with Crippen molar-refractivity contribution in [1.82, 2.24) is 5.32 Å². The summed E-state index contributed by atoms with van der Waals surface area (Å²) < 4.78 is 19.0. The zero-order chi connectivity index (χ0) is 15.3. The summed E-state index contributed by atoms with van der Waals surface area (Å²) in [6.07, 6.45) is 0. The zero-order valence-corrected chi connectivity index (χ0v) is 11.9. The maximum absolute atomic E-state index is 13.7. The minimum Gasteiger partial charge on any atom is -0.486 e. The first-order chi connectivity index (χ1) is 9.31. The van der Waals surface area contributed by atoms with Gasteiger partial charge in [0.05, 0.1) is 11.0 Å². The Kier molecular flexibility index (Phi) is 5.64. The lowest BCUT2D eigenvalue weighted by Crippen LogP contribution is -2.26. The Morgan fingerprint density at radius 1 is 1.55 bits per heavy atom. The normalized spacial score (nSPS) is 10.7. The third kappa shape index (κ3) is 4.62. The molecule has 0 saturated heterocycles. The molecule has 1 aromatic carbocycles. The smallest absolute Gasteiger partial charge is 0.275 e. The van der Waals surface area contributed by atoms with Gasteiger partial charge < -0.3 is 10.1 Å². The molecule has 6 heteroatoms. The van der Waals surface area contributed by atoms with Crippen molar-refractivity contribution in [2.24, 2.45) is 0 Å². The number of rotatable bonds is 7. The van der Waals surface area contributed by atoms with E-state index in [0.29, 0.717) is 18.2 Å². The second-order valence-electron chi connectivity index (χ2n) is 4.90. The summed E-state index contributed by atoms with van der Waals surface area (Å²) in [5.74, 6) is -0.745. The third-order valence-corrected chi connectivity index (χ3v) is 2.64. The molecule has 1 N–H and O–H groups in total. The molecule has 0 aromatic heterocycles. The number of nitrogens with one attached hydrogen (secondary N) is 1. The average molecular weight is 282 g/mol. The van der Waals surface area contributed by atoms with Gasteiger partial charge in [0.15, 0.2) is 11.6 Å². The van der Waals surface area contributed by atoms with Gasteiger partial charge in [-0.05, 0) is 18.6 Å². The molecule has 110 valence electrons. The molecule has 0 atom stereocenters. The van der Waals surface area contributed by atoms with Crippen molar-refractivity contribution in [3.63, 3.8) is 0 Å². The zero-order valence-electron chi connectivity index (χ0n) is 11.9. The fraction of sp³-hybridized carbons (Fsp3) is 0.429. The highest BCUT2D eigenvalue weighted by molar-refractivity contribution is 5.45. The summed E-state index contributed by atoms with van der Waals surface area (Å²) in [5.41, 5.74) is 0.876. The van der Waals surface area contributed by atoms with Crippen molar-refractivity contribution >= 4 is 5.69 Å². The van der Waals surface area contributed by atoms with Crippen molar-refractivity contribution in [3.8, 4) is 5.75 Å². The highest BCUT2D eigenvalue weighted by Crippen LogP contribution is 2.27. The van der Waals surface area contributed by atoms with Crippen LogP contribution in [0.15, 0.2) is 24.3 Å². The van der Waals surface area contributed by atoms with Gasteiger partial charge in [0.2, 0.25) is 0 Å². The molecular weight excluding hydrogens is 263 g/mol. The molecule has 1 rings (SSSR count). The van der Waals surface area contributed by atoms with Crippen LogP contribution < -0.4 is 10.1 Å². The van der Waals surface area contributed by atoms with Gasteiger partial charge in [0, 0.05) is 18.2 Å². The van der Waals surface area contributed by atoms with E-state index in [4.69, 9.17) is 4.74 Å². The van der Waals surface area contributed by atoms with Crippen LogP contribution in [0.5, 0.6) is 5.75 Å². The number of benzene rings is 1. The Balaban J connectivity index is 2.67. The van der Waals surface area contributed by atoms with Crippen LogP contribution in [-0.2, 0) is 0 Å². The molecule has 0 aliphatic heterocycles. The summed E-state index contributed by atoms with van der Waals surface area (Å²) in [7, 11) is 0. The maximum atomic E-state index is 13.7. The van der Waals surface area contributed by atoms with Gasteiger partial charge in [-0.3, -0.25) is 10.1 Å². The molecule has 0 radical (unpaired) electrons. The lowest BCUT2D eigenvalue weighted by molar-refractivity contribution is -0.385. The summed E-state index contributed by atoms with van der Waals surface area (Å²) in [4.78, 5) is 10.1. The SMILES string of the molecule is C=C(CNC(C)C)COc1cc(C)c([N+](=O)[O-])cc1F. The van der Waals surface area contributed by atoms with Crippen LogP contribution in [0.1, 0.15) is 19.4 Å². The molecule has 20 heavy (non-hydrogen) atoms. The van der Waals surface area contributed by atoms with Crippen LogP contribution in [0.25, 0.3) is 0 Å². The average Bonchev–Trinajstić information content (AvgIpc) is 2.36. The Hall–Kier alpha value is -1.95. The predicted octanol–water partition coefficient (Wildman–Crippen LogP) is 2.98. The molecule has 0 aliphatic rings. The van der Waals surface area contributed by atoms with Crippen LogP contribution in [0.2, 0.25) is 0 Å². The summed E-state index contributed by atoms with van der Waals surface area (Å²) in [6, 6.07) is 2.53. The van der Waals surface area contributed by atoms with Crippen LogP contribution in [0, 0.1) is 22.9 Å². The molecule has 0 unspecified atom stereocenters. The van der Waals surface area contributed by atoms with Gasteiger partial charge in [-0.1, -0.05) is 20.4 Å². The van der Waals surface area contributed by atoms with E-state index in [9.17, 15) is 14.5 Å². The van der Waals surface area contributed by atoms with E-state index in [0.717, 1.165) is 11.6 Å². The minimum atomic E-state index is -0.744. The van der Waals surface area contributed by atoms with E-state index in [1.54, 1.807) is 6.92 Å². The largest absolute Gasteiger partial charge is 0.486 e. The lowest BCUT2D eigenvalue weighted by atomic mass is 10.2. The number of ether oxygens (including phenoxy) is 1. The van der Waals surface area contributed by atoms with Gasteiger partial charge in [0.1, 0.15) is 6.61 Å². The summed E-state index contributed by atoms with van der Waals surface area (Å²) >= 11 is 0. The number of nitro groups is 1. The fourth-order valence-corrected chi connectivity index (χ4v) is 1.53. The Morgan fingerprint density at radius 3 is 2.75 bits per heavy atom. The van der Waals surface area contributed by atoms with Crippen LogP contribution >= 0.6 is 0 Å². The second-order valence-corrected chi connectivity index (χ2v) is 4.90. The van der Waals surface area contributed by atoms with E-state index >= 15 is 0 Å². The fourth-order valence-electron chi connectivity index (χ4n) is 1.53. The molecule has 0 fully saturated rings. The predicted molar refractivity (Wildman–Crippen MR) is 75.6 cm³/mol. The van der Waals surface area contributed by atoms with Crippen molar-refractivity contribution in [1.29, 1.82) is 0 Å². The Morgan fingerprint density at radius 2 is 2.20 bits per heavy atom. The van der Waals surface area contributed by atoms with E-state index < -0.39 is 10.7 Å². The van der Waals surface area contributed by atoms with Gasteiger partial charge in [-0.15, -0.1) is 0 Å². The number of nitro benzene ring substituents is 1. The number of hydrogen-bond donors (Lipinski definition) is 1. The molecule has 0 saturated carbocycles. The van der Waals surface area contributed by atoms with Crippen molar-refractivity contribution in [2.45, 2.75) is 26.8 Å². The van der Waals surface area contributed by atoms with Crippen LogP contribution in [-0.4, -0.2) is 24.1 Å². The van der Waals surface area contributed by atoms with Gasteiger partial charge in [0.25, 0.3) is 5.69 Å². The highest BCUT2D eigenvalue weighted by atomic mass is 19.1. The standard InChI is InChI=1S/C14H19FN2O3/c1-9(2)16-7-10(3)8-20-14-5-11(4)13(17(18)19)6-12(14)15/h5-6,9,16H,3,7-8H2,1-2,4H3. The van der Waals surface area contributed by atoms with E-state index in [1.807, 2.05) is 13.8 Å². The van der Waals surface area contributed by atoms with E-state index in [2.05, 4.69) is 11.9 Å². The lowest BCUT2D eigenvalue weighted by Gasteiger charge is -2.12. The molecule has 5 nitrogen and oxygen atoms in total. The van der Waals surface area contributed by atoms with E-state index in [-0.39, 0.29) is 18.0 Å². The number of halogens is 1. The molecule has 0 bridgehead atoms. The van der Waals surface area contributed by atoms with Crippen molar-refractivity contribution < 1.29 is 14.1 Å². The first kappa shape index (κ1) is 16.1. The summed E-state index contributed by atoms with van der Waals surface area (Å²) in [5, 5.41) is 13.8. The summed E-state index contributed by atoms with van der Waals surface area (Å²) in [6.45, 7) is 10.1. The number of hydrogen-bond acceptors (Lipinski definition) is 4. The monoisotopic (exact) mass is 282 g/mol. The first-order valence-corrected chi connectivity index (χ1v) is 6.28. The van der Waals surface area contributed by atoms with Gasteiger partial charge >= 0.3 is 0 Å². The molecule has 0 amide bonds. The molecule has 1 aromatic rings. The van der Waals surface area contributed by atoms with Gasteiger partial charge in [-0.2, -0.15) is 0 Å². The Bertz CT molecular complexity index is 515. The minimum absolute atomic E-state index is 0.00111. The van der Waals surface area contributed by atoms with Crippen LogP contribution in [0.3, 0.4) is 0 Å². The molecule has 0 aliphatic carbocycles. The maximum Gasteiger partial charge on any atom is 0.275 e. The van der Waals surface area contributed by atoms with Crippen molar-refractivity contribution in [2.75, 3.05) is 13.2 Å². The third-order valence-electron chi connectivity index (χ3n) is 2.64. The van der Waals surface area contributed by atoms with E-state index in [1.165, 1.54) is 6.07 Å².